The highest BCUT2D eigenvalue weighted by Gasteiger charge is 2.36. The number of hydrogen-bond donors (Lipinski definition) is 0. The fraction of sp³-hybridized carbons (Fsp3) is 0.0526. The van der Waals surface area contributed by atoms with E-state index in [-0.39, 0.29) is 5.41 Å². The number of hydrogen-bond acceptors (Lipinski definition) is 3. The van der Waals surface area contributed by atoms with Crippen LogP contribution < -0.4 is 4.90 Å². The van der Waals surface area contributed by atoms with E-state index in [0.717, 1.165) is 72.2 Å². The van der Waals surface area contributed by atoms with Gasteiger partial charge in [-0.25, -0.2) is 0 Å². The number of furan rings is 2. The Morgan fingerprint density at radius 2 is 1.08 bits per heavy atom. The van der Waals surface area contributed by atoms with Crippen LogP contribution in [0, 0.1) is 0 Å². The molecule has 0 fully saturated rings. The molecule has 0 unspecified atom stereocenters. The van der Waals surface area contributed by atoms with Crippen molar-refractivity contribution in [2.24, 2.45) is 0 Å². The summed E-state index contributed by atoms with van der Waals surface area (Å²) in [4.78, 5) is 2.33. The van der Waals surface area contributed by atoms with Crippen molar-refractivity contribution in [1.82, 2.24) is 4.57 Å². The van der Waals surface area contributed by atoms with Crippen LogP contribution in [0.2, 0.25) is 0 Å². The van der Waals surface area contributed by atoms with Crippen molar-refractivity contribution in [3.8, 4) is 27.9 Å². The summed E-state index contributed by atoms with van der Waals surface area (Å²) in [6.45, 7) is 4.72. The summed E-state index contributed by atoms with van der Waals surface area (Å²) in [6, 6.07) is 69.9. The Kier molecular flexibility index (Phi) is 7.04. The summed E-state index contributed by atoms with van der Waals surface area (Å²) in [6.07, 6.45) is 0. The van der Waals surface area contributed by atoms with Gasteiger partial charge >= 0.3 is 0 Å². The molecule has 12 aromatic rings. The molecule has 0 radical (unpaired) electrons. The fourth-order valence-electron chi connectivity index (χ4n) is 10.3. The molecule has 0 saturated carbocycles. The Hall–Kier alpha value is -7.82. The highest BCUT2D eigenvalue weighted by molar-refractivity contribution is 6.16. The van der Waals surface area contributed by atoms with E-state index in [1.165, 1.54) is 49.6 Å². The first-order chi connectivity index (χ1) is 30.0. The molecular weight excluding hydrogens is 745 g/mol. The number of nitrogens with zero attached hydrogens (tertiary/aromatic N) is 2. The van der Waals surface area contributed by atoms with Gasteiger partial charge in [0.25, 0.3) is 0 Å². The Bertz CT molecular complexity index is 3730. The first kappa shape index (κ1) is 34.1. The van der Waals surface area contributed by atoms with Gasteiger partial charge in [0.05, 0.1) is 27.8 Å². The third-order valence-electron chi connectivity index (χ3n) is 13.2. The largest absolute Gasteiger partial charge is 0.456 e. The Morgan fingerprint density at radius 1 is 0.426 bits per heavy atom. The smallest absolute Gasteiger partial charge is 0.159 e. The van der Waals surface area contributed by atoms with Gasteiger partial charge in [-0.15, -0.1) is 0 Å². The molecule has 288 valence electrons. The molecule has 0 atom stereocenters. The predicted octanol–water partition coefficient (Wildman–Crippen LogP) is 16.0. The Labute approximate surface area is 352 Å². The maximum absolute atomic E-state index is 6.68. The SMILES string of the molecule is CC1(C)c2ccccc2-c2cc3c4cc(-c5ccc(N(c6cccc7c6oc6ccccc67)c6cccc7oc8ccccc8c67)cc5)ccc4n(-c4ccccc4)c3cc21. The lowest BCUT2D eigenvalue weighted by Crippen LogP contribution is -2.14. The molecule has 4 nitrogen and oxygen atoms in total. The van der Waals surface area contributed by atoms with Crippen molar-refractivity contribution in [3.63, 3.8) is 0 Å². The zero-order chi connectivity index (χ0) is 40.4. The minimum Gasteiger partial charge on any atom is -0.456 e. The van der Waals surface area contributed by atoms with Crippen LogP contribution in [0.25, 0.3) is 93.6 Å². The van der Waals surface area contributed by atoms with Gasteiger partial charge in [-0.2, -0.15) is 0 Å². The van der Waals surface area contributed by atoms with Gasteiger partial charge in [-0.1, -0.05) is 129 Å². The lowest BCUT2D eigenvalue weighted by atomic mass is 9.82. The minimum atomic E-state index is -0.0922. The third-order valence-corrected chi connectivity index (χ3v) is 13.2. The highest BCUT2D eigenvalue weighted by Crippen LogP contribution is 2.52. The maximum atomic E-state index is 6.68. The van der Waals surface area contributed by atoms with Crippen LogP contribution in [0.3, 0.4) is 0 Å². The predicted molar refractivity (Wildman–Crippen MR) is 253 cm³/mol. The molecule has 1 aliphatic rings. The van der Waals surface area contributed by atoms with E-state index in [1.807, 2.05) is 24.3 Å². The topological polar surface area (TPSA) is 34.5 Å². The van der Waals surface area contributed by atoms with Gasteiger partial charge in [0.2, 0.25) is 0 Å². The summed E-state index contributed by atoms with van der Waals surface area (Å²) < 4.78 is 15.5. The maximum Gasteiger partial charge on any atom is 0.159 e. The van der Waals surface area contributed by atoms with E-state index in [4.69, 9.17) is 8.83 Å². The van der Waals surface area contributed by atoms with E-state index in [0.29, 0.717) is 0 Å². The molecule has 0 saturated heterocycles. The average Bonchev–Trinajstić information content (AvgIpc) is 4.03. The normalized spacial score (nSPS) is 13.2. The molecule has 1 aliphatic carbocycles. The number of fused-ring (bicyclic) bond motifs is 12. The van der Waals surface area contributed by atoms with Crippen LogP contribution in [-0.4, -0.2) is 4.57 Å². The molecule has 4 heteroatoms. The summed E-state index contributed by atoms with van der Waals surface area (Å²) in [7, 11) is 0. The molecule has 3 heterocycles. The third kappa shape index (κ3) is 4.87. The standard InChI is InChI=1S/C57H38N2O2/c1-57(2)46-20-9-6-16-39(46)43-33-45-44-32-36(28-31-48(44)58(51(45)34-47(43)57)37-14-4-3-5-15-37)35-26-29-38(30-27-35)59(49-21-13-25-54-55(49)42-18-8-11-24-53(42)60-54)50-22-12-19-41-40-17-7-10-23-52(40)61-56(41)50/h3-34H,1-2H3. The van der Waals surface area contributed by atoms with Crippen molar-refractivity contribution in [1.29, 1.82) is 0 Å². The highest BCUT2D eigenvalue weighted by atomic mass is 16.3. The minimum absolute atomic E-state index is 0.0922. The lowest BCUT2D eigenvalue weighted by Gasteiger charge is -2.26. The molecule has 0 N–H and O–H groups in total. The van der Waals surface area contributed by atoms with Gasteiger partial charge in [-0.05, 0) is 112 Å². The van der Waals surface area contributed by atoms with Crippen LogP contribution >= 0.6 is 0 Å². The summed E-state index contributed by atoms with van der Waals surface area (Å²) >= 11 is 0. The van der Waals surface area contributed by atoms with Crippen LogP contribution in [0.15, 0.2) is 203 Å². The fourth-order valence-corrected chi connectivity index (χ4v) is 10.3. The molecule has 0 bridgehead atoms. The number of benzene rings is 9. The van der Waals surface area contributed by atoms with E-state index < -0.39 is 0 Å². The van der Waals surface area contributed by atoms with E-state index >= 15 is 0 Å². The molecule has 13 rings (SSSR count). The number of anilines is 3. The molecule has 3 aromatic heterocycles. The van der Waals surface area contributed by atoms with Gasteiger partial charge in [0, 0.05) is 43.7 Å². The van der Waals surface area contributed by atoms with Crippen LogP contribution in [-0.2, 0) is 5.41 Å². The van der Waals surface area contributed by atoms with E-state index in [9.17, 15) is 0 Å². The second-order valence-corrected chi connectivity index (χ2v) is 16.9. The number of rotatable bonds is 5. The van der Waals surface area contributed by atoms with Crippen molar-refractivity contribution in [2.45, 2.75) is 19.3 Å². The zero-order valence-electron chi connectivity index (χ0n) is 33.7. The molecular formula is C57H38N2O2. The van der Waals surface area contributed by atoms with Gasteiger partial charge in [0.15, 0.2) is 5.58 Å². The number of para-hydroxylation sites is 4. The van der Waals surface area contributed by atoms with Gasteiger partial charge in [0.1, 0.15) is 16.7 Å². The Balaban J connectivity index is 1.00. The first-order valence-corrected chi connectivity index (χ1v) is 21.0. The molecule has 0 spiro atoms. The van der Waals surface area contributed by atoms with E-state index in [1.54, 1.807) is 0 Å². The first-order valence-electron chi connectivity index (χ1n) is 21.0. The van der Waals surface area contributed by atoms with Crippen molar-refractivity contribution in [3.05, 3.63) is 205 Å². The molecule has 0 aliphatic heterocycles. The monoisotopic (exact) mass is 782 g/mol. The molecule has 61 heavy (non-hydrogen) atoms. The van der Waals surface area contributed by atoms with Crippen LogP contribution in [0.4, 0.5) is 17.1 Å². The summed E-state index contributed by atoms with van der Waals surface area (Å²) in [5.41, 5.74) is 17.7. The van der Waals surface area contributed by atoms with Crippen molar-refractivity contribution in [2.75, 3.05) is 4.90 Å². The quantitative estimate of drug-likeness (QED) is 0.174. The second kappa shape index (κ2) is 12.6. The van der Waals surface area contributed by atoms with E-state index in [2.05, 4.69) is 193 Å². The van der Waals surface area contributed by atoms with Crippen molar-refractivity contribution < 1.29 is 8.83 Å². The van der Waals surface area contributed by atoms with Gasteiger partial charge in [-0.3, -0.25) is 0 Å². The molecule has 0 amide bonds. The summed E-state index contributed by atoms with van der Waals surface area (Å²) in [5.74, 6) is 0. The van der Waals surface area contributed by atoms with Crippen molar-refractivity contribution >= 4 is 82.7 Å². The summed E-state index contributed by atoms with van der Waals surface area (Å²) in [5, 5.41) is 6.82. The van der Waals surface area contributed by atoms with Crippen LogP contribution in [0.1, 0.15) is 25.0 Å². The van der Waals surface area contributed by atoms with Crippen LogP contribution in [0.5, 0.6) is 0 Å². The Morgan fingerprint density at radius 3 is 1.93 bits per heavy atom. The van der Waals surface area contributed by atoms with Gasteiger partial charge < -0.3 is 18.3 Å². The second-order valence-electron chi connectivity index (χ2n) is 16.9. The average molecular weight is 783 g/mol. The molecule has 9 aromatic carbocycles. The lowest BCUT2D eigenvalue weighted by molar-refractivity contribution is 0.661. The zero-order valence-corrected chi connectivity index (χ0v) is 33.7. The number of aromatic nitrogens is 1.